The van der Waals surface area contributed by atoms with Crippen LogP contribution in [0, 0.1) is 0 Å². The van der Waals surface area contributed by atoms with Crippen LogP contribution in [0.2, 0.25) is 0 Å². The van der Waals surface area contributed by atoms with Crippen LogP contribution in [0.4, 0.5) is 0 Å². The van der Waals surface area contributed by atoms with E-state index in [0.29, 0.717) is 31.5 Å². The zero-order valence-corrected chi connectivity index (χ0v) is 11.8. The number of hydrogen-bond acceptors (Lipinski definition) is 3. The standard InChI is InChI=1S/C13H19NO4S/c1-2-14(10-6-7-11-19(16,17)18)13(15)12-8-4-3-5-9-12/h3-5,8-9H,2,6-7,10-11H2,1H3,(H,16,17,18). The number of benzene rings is 1. The zero-order valence-electron chi connectivity index (χ0n) is 10.9. The molecule has 106 valence electrons. The van der Waals surface area contributed by atoms with Crippen molar-refractivity contribution in [3.05, 3.63) is 35.9 Å². The molecule has 0 atom stereocenters. The summed E-state index contributed by atoms with van der Waals surface area (Å²) in [6, 6.07) is 8.96. The fourth-order valence-corrected chi connectivity index (χ4v) is 2.32. The van der Waals surface area contributed by atoms with E-state index >= 15 is 0 Å². The molecule has 0 aliphatic heterocycles. The fourth-order valence-electron chi connectivity index (χ4n) is 1.75. The van der Waals surface area contributed by atoms with Crippen molar-refractivity contribution in [2.24, 2.45) is 0 Å². The van der Waals surface area contributed by atoms with Gasteiger partial charge in [-0.25, -0.2) is 0 Å². The molecule has 0 spiro atoms. The van der Waals surface area contributed by atoms with E-state index in [4.69, 9.17) is 4.55 Å². The predicted octanol–water partition coefficient (Wildman–Crippen LogP) is 1.82. The first-order valence-electron chi connectivity index (χ1n) is 6.23. The average molecular weight is 285 g/mol. The maximum absolute atomic E-state index is 12.1. The minimum absolute atomic E-state index is 0.0602. The van der Waals surface area contributed by atoms with Gasteiger partial charge in [-0.1, -0.05) is 18.2 Å². The Kier molecular flexibility index (Phi) is 5.98. The first-order valence-corrected chi connectivity index (χ1v) is 7.84. The van der Waals surface area contributed by atoms with E-state index in [2.05, 4.69) is 0 Å². The van der Waals surface area contributed by atoms with Crippen molar-refractivity contribution < 1.29 is 17.8 Å². The zero-order chi connectivity index (χ0) is 14.3. The molecule has 1 aromatic carbocycles. The molecule has 1 aromatic rings. The Morgan fingerprint density at radius 3 is 2.37 bits per heavy atom. The number of unbranched alkanes of at least 4 members (excludes halogenated alkanes) is 1. The molecular weight excluding hydrogens is 266 g/mol. The molecule has 19 heavy (non-hydrogen) atoms. The molecule has 0 bridgehead atoms. The first-order chi connectivity index (χ1) is 8.94. The van der Waals surface area contributed by atoms with Crippen LogP contribution >= 0.6 is 0 Å². The summed E-state index contributed by atoms with van der Waals surface area (Å²) < 4.78 is 29.8. The molecule has 0 saturated heterocycles. The molecule has 0 unspecified atom stereocenters. The number of carbonyl (C=O) groups is 1. The van der Waals surface area contributed by atoms with Crippen LogP contribution in [-0.2, 0) is 10.1 Å². The van der Waals surface area contributed by atoms with Gasteiger partial charge in [-0.15, -0.1) is 0 Å². The van der Waals surface area contributed by atoms with Gasteiger partial charge in [0.1, 0.15) is 0 Å². The summed E-state index contributed by atoms with van der Waals surface area (Å²) in [4.78, 5) is 13.8. The van der Waals surface area contributed by atoms with Gasteiger partial charge in [0.25, 0.3) is 16.0 Å². The molecule has 1 N–H and O–H groups in total. The molecule has 1 rings (SSSR count). The minimum Gasteiger partial charge on any atom is -0.339 e. The second-order valence-corrected chi connectivity index (χ2v) is 5.82. The quantitative estimate of drug-likeness (QED) is 0.612. The van der Waals surface area contributed by atoms with E-state index in [1.54, 1.807) is 29.2 Å². The van der Waals surface area contributed by atoms with Gasteiger partial charge in [0.15, 0.2) is 0 Å². The summed E-state index contributed by atoms with van der Waals surface area (Å²) in [6.45, 7) is 2.93. The van der Waals surface area contributed by atoms with Crippen molar-refractivity contribution >= 4 is 16.0 Å². The Morgan fingerprint density at radius 1 is 1.21 bits per heavy atom. The van der Waals surface area contributed by atoms with E-state index < -0.39 is 10.1 Å². The maximum Gasteiger partial charge on any atom is 0.264 e. The maximum atomic E-state index is 12.1. The average Bonchev–Trinajstić information content (AvgIpc) is 2.38. The Balaban J connectivity index is 2.48. The summed E-state index contributed by atoms with van der Waals surface area (Å²) >= 11 is 0. The lowest BCUT2D eigenvalue weighted by atomic mass is 10.2. The van der Waals surface area contributed by atoms with Crippen molar-refractivity contribution in [3.63, 3.8) is 0 Å². The van der Waals surface area contributed by atoms with Crippen LogP contribution in [0.25, 0.3) is 0 Å². The van der Waals surface area contributed by atoms with Crippen LogP contribution in [0.1, 0.15) is 30.1 Å². The van der Waals surface area contributed by atoms with Crippen molar-refractivity contribution in [1.82, 2.24) is 4.90 Å². The van der Waals surface area contributed by atoms with Gasteiger partial charge in [-0.05, 0) is 31.9 Å². The topological polar surface area (TPSA) is 74.7 Å². The third kappa shape index (κ3) is 5.85. The molecule has 1 amide bonds. The van der Waals surface area contributed by atoms with Gasteiger partial charge in [0.2, 0.25) is 0 Å². The van der Waals surface area contributed by atoms with Gasteiger partial charge >= 0.3 is 0 Å². The molecule has 0 fully saturated rings. The highest BCUT2D eigenvalue weighted by atomic mass is 32.2. The highest BCUT2D eigenvalue weighted by molar-refractivity contribution is 7.85. The third-order valence-corrected chi connectivity index (χ3v) is 3.57. The summed E-state index contributed by atoms with van der Waals surface area (Å²) in [5.74, 6) is -0.320. The normalized spacial score (nSPS) is 11.3. The van der Waals surface area contributed by atoms with E-state index in [9.17, 15) is 13.2 Å². The number of nitrogens with zero attached hydrogens (tertiary/aromatic N) is 1. The molecule has 0 radical (unpaired) electrons. The van der Waals surface area contributed by atoms with Crippen LogP contribution < -0.4 is 0 Å². The Labute approximate surface area is 114 Å². The van der Waals surface area contributed by atoms with Crippen LogP contribution in [-0.4, -0.2) is 42.6 Å². The fraction of sp³-hybridized carbons (Fsp3) is 0.462. The Hall–Kier alpha value is -1.40. The summed E-state index contributed by atoms with van der Waals surface area (Å²) in [5.41, 5.74) is 0.624. The Bertz CT molecular complexity index is 499. The largest absolute Gasteiger partial charge is 0.339 e. The van der Waals surface area contributed by atoms with E-state index in [1.807, 2.05) is 13.0 Å². The number of amides is 1. The van der Waals surface area contributed by atoms with Crippen molar-refractivity contribution in [1.29, 1.82) is 0 Å². The van der Waals surface area contributed by atoms with Crippen LogP contribution in [0.3, 0.4) is 0 Å². The minimum atomic E-state index is -3.90. The predicted molar refractivity (Wildman–Crippen MR) is 73.7 cm³/mol. The lowest BCUT2D eigenvalue weighted by Gasteiger charge is -2.20. The number of carbonyl (C=O) groups excluding carboxylic acids is 1. The lowest BCUT2D eigenvalue weighted by molar-refractivity contribution is 0.0762. The monoisotopic (exact) mass is 285 g/mol. The van der Waals surface area contributed by atoms with Gasteiger partial charge in [-0.2, -0.15) is 8.42 Å². The molecule has 0 aliphatic carbocycles. The van der Waals surface area contributed by atoms with Gasteiger partial charge in [0.05, 0.1) is 5.75 Å². The van der Waals surface area contributed by atoms with E-state index in [-0.39, 0.29) is 11.7 Å². The van der Waals surface area contributed by atoms with Crippen molar-refractivity contribution in [3.8, 4) is 0 Å². The van der Waals surface area contributed by atoms with Gasteiger partial charge in [0, 0.05) is 18.7 Å². The van der Waals surface area contributed by atoms with Crippen molar-refractivity contribution in [2.75, 3.05) is 18.8 Å². The first kappa shape index (κ1) is 15.7. The highest BCUT2D eigenvalue weighted by Gasteiger charge is 2.13. The number of rotatable bonds is 7. The lowest BCUT2D eigenvalue weighted by Crippen LogP contribution is -2.31. The second-order valence-electron chi connectivity index (χ2n) is 4.24. The molecule has 0 heterocycles. The van der Waals surface area contributed by atoms with Crippen molar-refractivity contribution in [2.45, 2.75) is 19.8 Å². The molecule has 5 nitrogen and oxygen atoms in total. The SMILES string of the molecule is CCN(CCCCS(=O)(=O)O)C(=O)c1ccccc1. The van der Waals surface area contributed by atoms with E-state index in [0.717, 1.165) is 0 Å². The molecule has 0 aromatic heterocycles. The van der Waals surface area contributed by atoms with Gasteiger partial charge < -0.3 is 4.90 Å². The third-order valence-electron chi connectivity index (χ3n) is 2.77. The van der Waals surface area contributed by atoms with Crippen LogP contribution in [0.15, 0.2) is 30.3 Å². The summed E-state index contributed by atoms with van der Waals surface area (Å²) in [7, 11) is -3.90. The smallest absolute Gasteiger partial charge is 0.264 e. The molecule has 0 aliphatic rings. The highest BCUT2D eigenvalue weighted by Crippen LogP contribution is 2.06. The molecule has 6 heteroatoms. The summed E-state index contributed by atoms with van der Waals surface area (Å²) in [5, 5.41) is 0. The molecular formula is C13H19NO4S. The second kappa shape index (κ2) is 7.25. The number of hydrogen-bond donors (Lipinski definition) is 1. The van der Waals surface area contributed by atoms with E-state index in [1.165, 1.54) is 0 Å². The Morgan fingerprint density at radius 2 is 1.84 bits per heavy atom. The van der Waals surface area contributed by atoms with Gasteiger partial charge in [-0.3, -0.25) is 9.35 Å². The summed E-state index contributed by atoms with van der Waals surface area (Å²) in [6.07, 6.45) is 0.892. The van der Waals surface area contributed by atoms with Crippen LogP contribution in [0.5, 0.6) is 0 Å². The molecule has 0 saturated carbocycles.